The van der Waals surface area contributed by atoms with E-state index in [1.165, 1.54) is 4.68 Å². The number of nitrogens with zero attached hydrogens (tertiary/aromatic N) is 5. The van der Waals surface area contributed by atoms with Gasteiger partial charge in [0.2, 0.25) is 5.91 Å². The van der Waals surface area contributed by atoms with E-state index in [-0.39, 0.29) is 17.5 Å². The molecule has 0 bridgehead atoms. The van der Waals surface area contributed by atoms with Gasteiger partial charge in [0.25, 0.3) is 0 Å². The van der Waals surface area contributed by atoms with Crippen molar-refractivity contribution in [2.45, 2.75) is 45.7 Å². The van der Waals surface area contributed by atoms with Crippen LogP contribution in [0.5, 0.6) is 0 Å². The summed E-state index contributed by atoms with van der Waals surface area (Å²) < 4.78 is 3.21. The zero-order valence-corrected chi connectivity index (χ0v) is 17.6. The second-order valence-electron chi connectivity index (χ2n) is 8.14. The number of aromatic nitrogens is 3. The van der Waals surface area contributed by atoms with Gasteiger partial charge in [0.15, 0.2) is 0 Å². The fourth-order valence-corrected chi connectivity index (χ4v) is 3.70. The fraction of sp³-hybridized carbons (Fsp3) is 0.571. The lowest BCUT2D eigenvalue weighted by Crippen LogP contribution is -2.39. The van der Waals surface area contributed by atoms with Crippen LogP contribution < -0.4 is 5.69 Å². The Hall–Kier alpha value is -2.41. The van der Waals surface area contributed by atoms with Crippen molar-refractivity contribution in [1.82, 2.24) is 24.1 Å². The minimum absolute atomic E-state index is 0.0479. The molecule has 3 rings (SSSR count). The molecule has 1 amide bonds. The second-order valence-corrected chi connectivity index (χ2v) is 8.14. The van der Waals surface area contributed by atoms with E-state index in [2.05, 4.69) is 28.2 Å². The van der Waals surface area contributed by atoms with Gasteiger partial charge in [0.05, 0.1) is 12.5 Å². The predicted molar refractivity (Wildman–Crippen MR) is 110 cm³/mol. The van der Waals surface area contributed by atoms with Gasteiger partial charge in [0, 0.05) is 26.7 Å². The van der Waals surface area contributed by atoms with Crippen LogP contribution in [0.2, 0.25) is 0 Å². The van der Waals surface area contributed by atoms with E-state index < -0.39 is 0 Å². The van der Waals surface area contributed by atoms with Gasteiger partial charge in [-0.2, -0.15) is 5.10 Å². The van der Waals surface area contributed by atoms with Crippen LogP contribution in [0, 0.1) is 13.8 Å². The Kier molecular flexibility index (Phi) is 6.03. The zero-order chi connectivity index (χ0) is 20.4. The normalized spacial score (nSPS) is 16.3. The largest absolute Gasteiger partial charge is 0.346 e. The van der Waals surface area contributed by atoms with Crippen LogP contribution in [-0.2, 0) is 17.9 Å². The number of carbonyl (C=O) groups excluding carboxylic acids is 1. The predicted octanol–water partition coefficient (Wildman–Crippen LogP) is 1.61. The Labute approximate surface area is 166 Å². The molecule has 0 fully saturated rings. The lowest BCUT2D eigenvalue weighted by molar-refractivity contribution is -0.132. The first-order valence-corrected chi connectivity index (χ1v) is 9.91. The molecule has 0 spiro atoms. The van der Waals surface area contributed by atoms with E-state index in [4.69, 9.17) is 0 Å². The summed E-state index contributed by atoms with van der Waals surface area (Å²) in [6.45, 7) is 6.62. The van der Waals surface area contributed by atoms with Gasteiger partial charge < -0.3 is 9.80 Å². The average Bonchev–Trinajstić information content (AvgIpc) is 2.98. The minimum atomic E-state index is -0.339. The zero-order valence-electron chi connectivity index (χ0n) is 17.6. The highest BCUT2D eigenvalue weighted by Gasteiger charge is 2.33. The molecule has 0 radical (unpaired) electrons. The topological polar surface area (TPSA) is 63.4 Å². The third kappa shape index (κ3) is 4.19. The summed E-state index contributed by atoms with van der Waals surface area (Å²) in [6, 6.07) is 6.23. The first kappa shape index (κ1) is 20.3. The lowest BCUT2D eigenvalue weighted by Gasteiger charge is -2.27. The summed E-state index contributed by atoms with van der Waals surface area (Å²) in [7, 11) is 5.81. The van der Waals surface area contributed by atoms with E-state index in [0.29, 0.717) is 25.5 Å². The molecule has 28 heavy (non-hydrogen) atoms. The molecule has 7 nitrogen and oxygen atoms in total. The Morgan fingerprint density at radius 3 is 2.68 bits per heavy atom. The average molecular weight is 386 g/mol. The molecule has 152 valence electrons. The van der Waals surface area contributed by atoms with Crippen LogP contribution in [0.4, 0.5) is 0 Å². The molecule has 2 aromatic rings. The third-order valence-corrected chi connectivity index (χ3v) is 5.52. The summed E-state index contributed by atoms with van der Waals surface area (Å²) in [4.78, 5) is 29.7. The number of hydrogen-bond acceptors (Lipinski definition) is 4. The standard InChI is InChI=1S/C21H31N5O2/c1-15-8-9-16(2)17(13-15)14-26-21(28)25-10-6-7-18(19(25)22-26)20(27)24(5)12-11-23(3)4/h8-9,13,18H,6-7,10-12,14H2,1-5H3. The first-order valence-electron chi connectivity index (χ1n) is 9.91. The van der Waals surface area contributed by atoms with E-state index in [1.54, 1.807) is 9.47 Å². The quantitative estimate of drug-likeness (QED) is 0.758. The monoisotopic (exact) mass is 385 g/mol. The van der Waals surface area contributed by atoms with Crippen molar-refractivity contribution in [3.8, 4) is 0 Å². The van der Waals surface area contributed by atoms with Crippen molar-refractivity contribution in [3.05, 3.63) is 51.2 Å². The van der Waals surface area contributed by atoms with Crippen LogP contribution in [0.1, 0.15) is 41.3 Å². The first-order chi connectivity index (χ1) is 13.3. The molecular weight excluding hydrogens is 354 g/mol. The number of amides is 1. The van der Waals surface area contributed by atoms with Crippen LogP contribution in [0.25, 0.3) is 0 Å². The molecule has 7 heteroatoms. The van der Waals surface area contributed by atoms with Gasteiger partial charge in [-0.15, -0.1) is 0 Å². The third-order valence-electron chi connectivity index (χ3n) is 5.52. The molecule has 1 aromatic heterocycles. The van der Waals surface area contributed by atoms with E-state index in [1.807, 2.05) is 35.0 Å². The Morgan fingerprint density at radius 2 is 1.96 bits per heavy atom. The van der Waals surface area contributed by atoms with E-state index in [9.17, 15) is 9.59 Å². The molecule has 1 atom stereocenters. The molecule has 2 heterocycles. The maximum Gasteiger partial charge on any atom is 0.346 e. The van der Waals surface area contributed by atoms with Gasteiger partial charge in [0.1, 0.15) is 5.82 Å². The fourth-order valence-electron chi connectivity index (χ4n) is 3.70. The molecule has 1 unspecified atom stereocenters. The maximum atomic E-state index is 13.0. The van der Waals surface area contributed by atoms with Crippen LogP contribution >= 0.6 is 0 Å². The summed E-state index contributed by atoms with van der Waals surface area (Å²) in [5, 5.41) is 4.61. The number of rotatable bonds is 6. The highest BCUT2D eigenvalue weighted by Crippen LogP contribution is 2.26. The van der Waals surface area contributed by atoms with Crippen LogP contribution in [-0.4, -0.2) is 64.3 Å². The van der Waals surface area contributed by atoms with Gasteiger partial charge in [-0.3, -0.25) is 9.36 Å². The smallest absolute Gasteiger partial charge is 0.344 e. The molecule has 1 aliphatic heterocycles. The maximum absolute atomic E-state index is 13.0. The lowest BCUT2D eigenvalue weighted by atomic mass is 9.97. The van der Waals surface area contributed by atoms with Gasteiger partial charge in [-0.05, 0) is 51.9 Å². The molecule has 0 aliphatic carbocycles. The Balaban J connectivity index is 1.86. The number of fused-ring (bicyclic) bond motifs is 1. The molecule has 0 N–H and O–H groups in total. The molecule has 0 saturated heterocycles. The van der Waals surface area contributed by atoms with Gasteiger partial charge in [-0.25, -0.2) is 9.48 Å². The summed E-state index contributed by atoms with van der Waals surface area (Å²) in [6.07, 6.45) is 1.56. The Morgan fingerprint density at radius 1 is 1.21 bits per heavy atom. The highest BCUT2D eigenvalue weighted by atomic mass is 16.2. The highest BCUT2D eigenvalue weighted by molar-refractivity contribution is 5.82. The second kappa shape index (κ2) is 8.31. The number of carbonyl (C=O) groups is 1. The van der Waals surface area contributed by atoms with Crippen LogP contribution in [0.3, 0.4) is 0 Å². The molecule has 0 saturated carbocycles. The molecule has 1 aromatic carbocycles. The van der Waals surface area contributed by atoms with Crippen molar-refractivity contribution in [2.24, 2.45) is 0 Å². The number of benzene rings is 1. The summed E-state index contributed by atoms with van der Waals surface area (Å²) >= 11 is 0. The van der Waals surface area contributed by atoms with Crippen molar-refractivity contribution in [3.63, 3.8) is 0 Å². The number of hydrogen-bond donors (Lipinski definition) is 0. The molecule has 1 aliphatic rings. The molecular formula is C21H31N5O2. The van der Waals surface area contributed by atoms with Gasteiger partial charge >= 0.3 is 5.69 Å². The number of likely N-dealkylation sites (N-methyl/N-ethyl adjacent to an activating group) is 2. The van der Waals surface area contributed by atoms with E-state index in [0.717, 1.165) is 36.1 Å². The number of aryl methyl sites for hydroxylation is 2. The van der Waals surface area contributed by atoms with Crippen molar-refractivity contribution >= 4 is 5.91 Å². The van der Waals surface area contributed by atoms with Crippen LogP contribution in [0.15, 0.2) is 23.0 Å². The van der Waals surface area contributed by atoms with Crippen molar-refractivity contribution in [1.29, 1.82) is 0 Å². The van der Waals surface area contributed by atoms with Gasteiger partial charge in [-0.1, -0.05) is 23.8 Å². The minimum Gasteiger partial charge on any atom is -0.344 e. The Bertz CT molecular complexity index is 912. The summed E-state index contributed by atoms with van der Waals surface area (Å²) in [5.74, 6) is 0.323. The summed E-state index contributed by atoms with van der Waals surface area (Å²) in [5.41, 5.74) is 3.26. The van der Waals surface area contributed by atoms with E-state index >= 15 is 0 Å². The van der Waals surface area contributed by atoms with Crippen molar-refractivity contribution < 1.29 is 4.79 Å². The van der Waals surface area contributed by atoms with Crippen molar-refractivity contribution in [2.75, 3.05) is 34.2 Å². The SMILES string of the molecule is Cc1ccc(C)c(Cn2nc3n(c2=O)CCCC3C(=O)N(C)CCN(C)C)c1.